The Hall–Kier alpha value is -3.42. The molecule has 128 valence electrons. The van der Waals surface area contributed by atoms with Crippen LogP contribution in [0.2, 0.25) is 0 Å². The molecule has 1 aliphatic heterocycles. The lowest BCUT2D eigenvalue weighted by Gasteiger charge is -2.19. The molecule has 0 spiro atoms. The largest absolute Gasteiger partial charge is 0.506 e. The fourth-order valence-electron chi connectivity index (χ4n) is 2.45. The molecule has 1 atom stereocenters. The summed E-state index contributed by atoms with van der Waals surface area (Å²) in [5.74, 6) is -0.0504. The summed E-state index contributed by atoms with van der Waals surface area (Å²) in [6.45, 7) is 1.88. The third kappa shape index (κ3) is 3.92. The van der Waals surface area contributed by atoms with E-state index in [0.29, 0.717) is 17.7 Å². The van der Waals surface area contributed by atoms with Crippen molar-refractivity contribution in [3.8, 4) is 11.5 Å². The van der Waals surface area contributed by atoms with Crippen molar-refractivity contribution >= 4 is 23.4 Å². The summed E-state index contributed by atoms with van der Waals surface area (Å²) in [5, 5.41) is 16.5. The van der Waals surface area contributed by atoms with Crippen molar-refractivity contribution in [3.63, 3.8) is 0 Å². The summed E-state index contributed by atoms with van der Waals surface area (Å²) >= 11 is 0. The van der Waals surface area contributed by atoms with E-state index in [1.165, 1.54) is 12.3 Å². The van der Waals surface area contributed by atoms with Gasteiger partial charge in [-0.3, -0.25) is 15.1 Å². The van der Waals surface area contributed by atoms with Crippen LogP contribution >= 0.6 is 0 Å². The molecule has 0 saturated heterocycles. The number of carbonyl (C=O) groups is 2. The second-order valence-electron chi connectivity index (χ2n) is 5.57. The average molecular weight is 340 g/mol. The number of benzene rings is 1. The second-order valence-corrected chi connectivity index (χ2v) is 5.57. The SMILES string of the molecule is CC1CC(=O)NN=C1c1ccc(O)c(NC(=O)Oc2cccnc2)c1. The molecule has 0 radical (unpaired) electrons. The van der Waals surface area contributed by atoms with Crippen molar-refractivity contribution in [1.82, 2.24) is 10.4 Å². The van der Waals surface area contributed by atoms with E-state index in [-0.39, 0.29) is 29.0 Å². The van der Waals surface area contributed by atoms with E-state index < -0.39 is 6.09 Å². The zero-order chi connectivity index (χ0) is 17.8. The molecular formula is C17H16N4O4. The van der Waals surface area contributed by atoms with Crippen molar-refractivity contribution in [2.75, 3.05) is 5.32 Å². The minimum Gasteiger partial charge on any atom is -0.506 e. The van der Waals surface area contributed by atoms with E-state index in [9.17, 15) is 14.7 Å². The zero-order valence-electron chi connectivity index (χ0n) is 13.4. The highest BCUT2D eigenvalue weighted by Gasteiger charge is 2.22. The Bertz CT molecular complexity index is 836. The topological polar surface area (TPSA) is 113 Å². The van der Waals surface area contributed by atoms with Gasteiger partial charge >= 0.3 is 6.09 Å². The molecule has 8 nitrogen and oxygen atoms in total. The van der Waals surface area contributed by atoms with Crippen LogP contribution in [0.25, 0.3) is 0 Å². The second kappa shape index (κ2) is 7.00. The van der Waals surface area contributed by atoms with E-state index in [4.69, 9.17) is 4.74 Å². The van der Waals surface area contributed by atoms with E-state index in [0.717, 1.165) is 0 Å². The first kappa shape index (κ1) is 16.4. The van der Waals surface area contributed by atoms with Gasteiger partial charge in [0.1, 0.15) is 5.75 Å². The number of nitrogens with zero attached hydrogens (tertiary/aromatic N) is 2. The van der Waals surface area contributed by atoms with Crippen molar-refractivity contribution in [1.29, 1.82) is 0 Å². The van der Waals surface area contributed by atoms with Crippen LogP contribution in [-0.2, 0) is 4.79 Å². The minimum absolute atomic E-state index is 0.0755. The first-order valence-corrected chi connectivity index (χ1v) is 7.61. The number of nitrogens with one attached hydrogen (secondary N) is 2. The lowest BCUT2D eigenvalue weighted by Crippen LogP contribution is -2.32. The highest BCUT2D eigenvalue weighted by molar-refractivity contribution is 6.06. The van der Waals surface area contributed by atoms with Gasteiger partial charge in [0.15, 0.2) is 5.75 Å². The van der Waals surface area contributed by atoms with Gasteiger partial charge in [-0.1, -0.05) is 6.92 Å². The molecular weight excluding hydrogens is 324 g/mol. The highest BCUT2D eigenvalue weighted by atomic mass is 16.6. The summed E-state index contributed by atoms with van der Waals surface area (Å²) in [6.07, 6.45) is 2.53. The van der Waals surface area contributed by atoms with Crippen LogP contribution in [0.1, 0.15) is 18.9 Å². The van der Waals surface area contributed by atoms with E-state index in [1.807, 2.05) is 6.92 Å². The summed E-state index contributed by atoms with van der Waals surface area (Å²) in [7, 11) is 0. The predicted octanol–water partition coefficient (Wildman–Crippen LogP) is 2.26. The molecule has 0 fully saturated rings. The normalized spacial score (nSPS) is 16.6. The molecule has 3 rings (SSSR count). The quantitative estimate of drug-likeness (QED) is 0.742. The molecule has 0 saturated carbocycles. The number of hydrazone groups is 1. The lowest BCUT2D eigenvalue weighted by molar-refractivity contribution is -0.121. The minimum atomic E-state index is -0.757. The maximum Gasteiger partial charge on any atom is 0.417 e. The summed E-state index contributed by atoms with van der Waals surface area (Å²) < 4.78 is 5.08. The zero-order valence-corrected chi connectivity index (χ0v) is 13.4. The Balaban J connectivity index is 1.78. The molecule has 2 heterocycles. The Kier molecular flexibility index (Phi) is 4.60. The standard InChI is InChI=1S/C17H16N4O4/c1-10-7-15(23)20-21-16(10)11-4-5-14(22)13(8-11)19-17(24)25-12-3-2-6-18-9-12/h2-6,8-10,22H,7H2,1H3,(H,19,24)(H,20,23). The molecule has 1 aliphatic rings. The van der Waals surface area contributed by atoms with E-state index in [1.54, 1.807) is 30.5 Å². The van der Waals surface area contributed by atoms with Gasteiger partial charge in [0.2, 0.25) is 5.91 Å². The number of phenolic OH excluding ortho intramolecular Hbond substituents is 1. The van der Waals surface area contributed by atoms with Crippen LogP contribution in [0.15, 0.2) is 47.8 Å². The van der Waals surface area contributed by atoms with Crippen LogP contribution in [0.5, 0.6) is 11.5 Å². The number of anilines is 1. The number of hydrogen-bond acceptors (Lipinski definition) is 6. The molecule has 1 aromatic carbocycles. The maximum atomic E-state index is 12.0. The van der Waals surface area contributed by atoms with Gasteiger partial charge in [-0.2, -0.15) is 5.10 Å². The number of amides is 2. The van der Waals surface area contributed by atoms with Crippen molar-refractivity contribution in [3.05, 3.63) is 48.3 Å². The maximum absolute atomic E-state index is 12.0. The predicted molar refractivity (Wildman–Crippen MR) is 90.5 cm³/mol. The van der Waals surface area contributed by atoms with Crippen LogP contribution < -0.4 is 15.5 Å². The molecule has 2 amide bonds. The van der Waals surface area contributed by atoms with Crippen molar-refractivity contribution < 1.29 is 19.4 Å². The Morgan fingerprint density at radius 1 is 1.40 bits per heavy atom. The third-order valence-electron chi connectivity index (χ3n) is 3.63. The number of hydrogen-bond donors (Lipinski definition) is 3. The van der Waals surface area contributed by atoms with Gasteiger partial charge in [-0.15, -0.1) is 0 Å². The monoisotopic (exact) mass is 340 g/mol. The average Bonchev–Trinajstić information content (AvgIpc) is 2.58. The molecule has 8 heteroatoms. The fraction of sp³-hybridized carbons (Fsp3) is 0.176. The number of aromatic nitrogens is 1. The Morgan fingerprint density at radius 2 is 2.24 bits per heavy atom. The van der Waals surface area contributed by atoms with Crippen molar-refractivity contribution in [2.45, 2.75) is 13.3 Å². The lowest BCUT2D eigenvalue weighted by atomic mass is 9.94. The van der Waals surface area contributed by atoms with Crippen LogP contribution in [0.4, 0.5) is 10.5 Å². The van der Waals surface area contributed by atoms with Gasteiger partial charge < -0.3 is 9.84 Å². The summed E-state index contributed by atoms with van der Waals surface area (Å²) in [5.41, 5.74) is 3.97. The van der Waals surface area contributed by atoms with Gasteiger partial charge in [0.25, 0.3) is 0 Å². The number of ether oxygens (including phenoxy) is 1. The number of rotatable bonds is 3. The van der Waals surface area contributed by atoms with Crippen LogP contribution in [-0.4, -0.2) is 27.8 Å². The fourth-order valence-corrected chi connectivity index (χ4v) is 2.45. The number of pyridine rings is 1. The molecule has 1 aromatic heterocycles. The summed E-state index contributed by atoms with van der Waals surface area (Å²) in [6, 6.07) is 7.91. The molecule has 1 unspecified atom stereocenters. The number of phenols is 1. The van der Waals surface area contributed by atoms with E-state index in [2.05, 4.69) is 20.8 Å². The third-order valence-corrected chi connectivity index (χ3v) is 3.63. The molecule has 3 N–H and O–H groups in total. The van der Waals surface area contributed by atoms with Gasteiger partial charge in [-0.05, 0) is 30.3 Å². The first-order chi connectivity index (χ1) is 12.0. The highest BCUT2D eigenvalue weighted by Crippen LogP contribution is 2.27. The van der Waals surface area contributed by atoms with Crippen LogP contribution in [0.3, 0.4) is 0 Å². The van der Waals surface area contributed by atoms with Crippen molar-refractivity contribution in [2.24, 2.45) is 11.0 Å². The smallest absolute Gasteiger partial charge is 0.417 e. The molecule has 2 aromatic rings. The van der Waals surface area contributed by atoms with Gasteiger partial charge in [0, 0.05) is 24.1 Å². The molecule has 25 heavy (non-hydrogen) atoms. The van der Waals surface area contributed by atoms with Gasteiger partial charge in [-0.25, -0.2) is 10.2 Å². The Labute approximate surface area is 143 Å². The number of carbonyl (C=O) groups excluding carboxylic acids is 2. The van der Waals surface area contributed by atoms with Gasteiger partial charge in [0.05, 0.1) is 17.6 Å². The summed E-state index contributed by atoms with van der Waals surface area (Å²) in [4.78, 5) is 27.2. The first-order valence-electron chi connectivity index (χ1n) is 7.61. The Morgan fingerprint density at radius 3 is 2.96 bits per heavy atom. The number of aromatic hydroxyl groups is 1. The molecule has 0 aliphatic carbocycles. The van der Waals surface area contributed by atoms with Crippen LogP contribution in [0, 0.1) is 5.92 Å². The van der Waals surface area contributed by atoms with E-state index >= 15 is 0 Å². The molecule has 0 bridgehead atoms.